The number of anilines is 1. The number of phenolic OH excluding ortho intramolecular Hbond substituents is 1. The fourth-order valence-electron chi connectivity index (χ4n) is 1.41. The summed E-state index contributed by atoms with van der Waals surface area (Å²) in [5.41, 5.74) is 6.94. The minimum Gasteiger partial charge on any atom is -0.508 e. The Balaban J connectivity index is 2.27. The van der Waals surface area contributed by atoms with Crippen LogP contribution in [-0.2, 0) is 6.42 Å². The Morgan fingerprint density at radius 2 is 2.00 bits per heavy atom. The van der Waals surface area contributed by atoms with Gasteiger partial charge in [-0.2, -0.15) is 0 Å². The third kappa shape index (κ3) is 2.20. The normalized spacial score (nSPS) is 10.2. The quantitative estimate of drug-likeness (QED) is 0.688. The highest BCUT2D eigenvalue weighted by atomic mass is 16.3. The van der Waals surface area contributed by atoms with E-state index in [1.165, 1.54) is 6.20 Å². The van der Waals surface area contributed by atoms with Crippen molar-refractivity contribution in [2.45, 2.75) is 6.42 Å². The molecule has 1 aromatic carbocycles. The van der Waals surface area contributed by atoms with Gasteiger partial charge in [0.15, 0.2) is 0 Å². The van der Waals surface area contributed by atoms with Crippen molar-refractivity contribution >= 4 is 5.82 Å². The molecule has 0 aliphatic carbocycles. The summed E-state index contributed by atoms with van der Waals surface area (Å²) in [6.07, 6.45) is 2.02. The predicted molar refractivity (Wildman–Crippen MR) is 60.2 cm³/mol. The molecule has 0 unspecified atom stereocenters. The zero-order valence-corrected chi connectivity index (χ0v) is 8.47. The molecule has 82 valence electrons. The van der Waals surface area contributed by atoms with Crippen LogP contribution in [0.4, 0.5) is 5.82 Å². The van der Waals surface area contributed by atoms with Crippen LogP contribution in [-0.4, -0.2) is 15.1 Å². The molecule has 5 heteroatoms. The number of benzene rings is 1. The number of nitrogens with zero attached hydrogens (tertiary/aromatic N) is 1. The highest BCUT2D eigenvalue weighted by Gasteiger charge is 2.02. The molecule has 0 aliphatic heterocycles. The topological polar surface area (TPSA) is 92.0 Å². The molecule has 0 spiro atoms. The average Bonchev–Trinajstić information content (AvgIpc) is 2.25. The van der Waals surface area contributed by atoms with Crippen LogP contribution in [0.25, 0.3) is 0 Å². The molecule has 5 nitrogen and oxygen atoms in total. The van der Waals surface area contributed by atoms with Crippen LogP contribution in [0.5, 0.6) is 5.75 Å². The van der Waals surface area contributed by atoms with Crippen molar-refractivity contribution in [1.82, 2.24) is 9.97 Å². The van der Waals surface area contributed by atoms with E-state index >= 15 is 0 Å². The van der Waals surface area contributed by atoms with Crippen molar-refractivity contribution in [2.75, 3.05) is 5.73 Å². The zero-order chi connectivity index (χ0) is 11.5. The van der Waals surface area contributed by atoms with Crippen molar-refractivity contribution in [3.8, 4) is 5.75 Å². The summed E-state index contributed by atoms with van der Waals surface area (Å²) in [6, 6.07) is 6.79. The SMILES string of the molecule is Nc1[nH]c(=O)ncc1Cc1ccc(O)cc1. The summed E-state index contributed by atoms with van der Waals surface area (Å²) in [7, 11) is 0. The van der Waals surface area contributed by atoms with E-state index < -0.39 is 5.69 Å². The highest BCUT2D eigenvalue weighted by molar-refractivity contribution is 5.40. The first-order chi connectivity index (χ1) is 7.65. The van der Waals surface area contributed by atoms with Gasteiger partial charge in [-0.3, -0.25) is 4.98 Å². The van der Waals surface area contributed by atoms with Crippen LogP contribution in [0.15, 0.2) is 35.3 Å². The molecule has 1 heterocycles. The largest absolute Gasteiger partial charge is 0.508 e. The maximum atomic E-state index is 10.9. The highest BCUT2D eigenvalue weighted by Crippen LogP contribution is 2.15. The van der Waals surface area contributed by atoms with Crippen LogP contribution in [0.1, 0.15) is 11.1 Å². The Morgan fingerprint density at radius 3 is 2.62 bits per heavy atom. The van der Waals surface area contributed by atoms with Gasteiger partial charge in [0.1, 0.15) is 11.6 Å². The van der Waals surface area contributed by atoms with Gasteiger partial charge in [-0.25, -0.2) is 9.78 Å². The number of nitrogens with one attached hydrogen (secondary N) is 1. The molecule has 0 atom stereocenters. The Labute approximate surface area is 91.6 Å². The molecule has 0 saturated carbocycles. The van der Waals surface area contributed by atoms with E-state index in [4.69, 9.17) is 10.8 Å². The lowest BCUT2D eigenvalue weighted by Crippen LogP contribution is -2.14. The predicted octanol–water partition coefficient (Wildman–Crippen LogP) is 0.648. The number of nitrogens with two attached hydrogens (primary N) is 1. The van der Waals surface area contributed by atoms with Crippen molar-refractivity contribution in [3.63, 3.8) is 0 Å². The second-order valence-electron chi connectivity index (χ2n) is 3.47. The lowest BCUT2D eigenvalue weighted by molar-refractivity contribution is 0.475. The Bertz CT molecular complexity index is 546. The van der Waals surface area contributed by atoms with Crippen LogP contribution in [0.2, 0.25) is 0 Å². The maximum absolute atomic E-state index is 10.9. The van der Waals surface area contributed by atoms with Crippen molar-refractivity contribution in [2.24, 2.45) is 0 Å². The molecule has 1 aromatic heterocycles. The van der Waals surface area contributed by atoms with E-state index in [2.05, 4.69) is 9.97 Å². The number of phenols is 1. The summed E-state index contributed by atoms with van der Waals surface area (Å²) >= 11 is 0. The molecule has 0 radical (unpaired) electrons. The first kappa shape index (κ1) is 10.2. The van der Waals surface area contributed by atoms with Gasteiger partial charge in [0.25, 0.3) is 0 Å². The molecule has 0 amide bonds. The first-order valence-corrected chi connectivity index (χ1v) is 4.77. The number of hydrogen-bond acceptors (Lipinski definition) is 4. The molecule has 0 fully saturated rings. The summed E-state index contributed by atoms with van der Waals surface area (Å²) in [6.45, 7) is 0. The van der Waals surface area contributed by atoms with E-state index in [-0.39, 0.29) is 5.75 Å². The number of aromatic amines is 1. The minimum absolute atomic E-state index is 0.219. The van der Waals surface area contributed by atoms with E-state index in [0.29, 0.717) is 12.2 Å². The van der Waals surface area contributed by atoms with Gasteiger partial charge in [0.05, 0.1) is 0 Å². The number of aromatic hydroxyl groups is 1. The van der Waals surface area contributed by atoms with Gasteiger partial charge < -0.3 is 10.8 Å². The molecule has 2 aromatic rings. The Kier molecular flexibility index (Phi) is 2.59. The van der Waals surface area contributed by atoms with Crippen LogP contribution >= 0.6 is 0 Å². The lowest BCUT2D eigenvalue weighted by Gasteiger charge is -2.04. The Morgan fingerprint density at radius 1 is 1.31 bits per heavy atom. The molecular formula is C11H11N3O2. The van der Waals surface area contributed by atoms with E-state index in [1.54, 1.807) is 24.3 Å². The minimum atomic E-state index is -0.452. The standard InChI is InChI=1S/C11H11N3O2/c12-10-8(6-13-11(16)14-10)5-7-1-3-9(15)4-2-7/h1-4,6,15H,5H2,(H3,12,13,14,16). The summed E-state index contributed by atoms with van der Waals surface area (Å²) in [5.74, 6) is 0.546. The van der Waals surface area contributed by atoms with Crippen molar-refractivity contribution in [1.29, 1.82) is 0 Å². The van der Waals surface area contributed by atoms with Crippen molar-refractivity contribution < 1.29 is 5.11 Å². The molecular weight excluding hydrogens is 206 g/mol. The Hall–Kier alpha value is -2.30. The van der Waals surface area contributed by atoms with E-state index in [9.17, 15) is 4.79 Å². The van der Waals surface area contributed by atoms with Gasteiger partial charge in [0, 0.05) is 18.2 Å². The number of rotatable bonds is 2. The van der Waals surface area contributed by atoms with Crippen LogP contribution in [0.3, 0.4) is 0 Å². The molecule has 0 saturated heterocycles. The smallest absolute Gasteiger partial charge is 0.346 e. The van der Waals surface area contributed by atoms with E-state index in [0.717, 1.165) is 11.1 Å². The second-order valence-corrected chi connectivity index (χ2v) is 3.47. The summed E-state index contributed by atoms with van der Waals surface area (Å²) in [4.78, 5) is 16.9. The zero-order valence-electron chi connectivity index (χ0n) is 8.47. The number of nitrogen functional groups attached to an aromatic ring is 1. The first-order valence-electron chi connectivity index (χ1n) is 4.77. The third-order valence-electron chi connectivity index (χ3n) is 2.26. The second kappa shape index (κ2) is 4.06. The molecule has 4 N–H and O–H groups in total. The van der Waals surface area contributed by atoms with E-state index in [1.807, 2.05) is 0 Å². The lowest BCUT2D eigenvalue weighted by atomic mass is 10.1. The molecule has 16 heavy (non-hydrogen) atoms. The monoisotopic (exact) mass is 217 g/mol. The van der Waals surface area contributed by atoms with Gasteiger partial charge in [-0.15, -0.1) is 0 Å². The number of aromatic nitrogens is 2. The van der Waals surface area contributed by atoms with Gasteiger partial charge >= 0.3 is 5.69 Å². The fourth-order valence-corrected chi connectivity index (χ4v) is 1.41. The molecule has 2 rings (SSSR count). The maximum Gasteiger partial charge on any atom is 0.346 e. The van der Waals surface area contributed by atoms with Crippen LogP contribution < -0.4 is 11.4 Å². The van der Waals surface area contributed by atoms with Crippen LogP contribution in [0, 0.1) is 0 Å². The summed E-state index contributed by atoms with van der Waals surface area (Å²) < 4.78 is 0. The molecule has 0 aliphatic rings. The fraction of sp³-hybridized carbons (Fsp3) is 0.0909. The summed E-state index contributed by atoms with van der Waals surface area (Å²) in [5, 5.41) is 9.13. The number of hydrogen-bond donors (Lipinski definition) is 3. The average molecular weight is 217 g/mol. The van der Waals surface area contributed by atoms with Crippen molar-refractivity contribution in [3.05, 3.63) is 52.1 Å². The third-order valence-corrected chi connectivity index (χ3v) is 2.26. The van der Waals surface area contributed by atoms with Gasteiger partial charge in [-0.05, 0) is 17.7 Å². The van der Waals surface area contributed by atoms with Gasteiger partial charge in [0.2, 0.25) is 0 Å². The number of H-pyrrole nitrogens is 1. The molecule has 0 bridgehead atoms. The van der Waals surface area contributed by atoms with Gasteiger partial charge in [-0.1, -0.05) is 12.1 Å².